The van der Waals surface area contributed by atoms with Gasteiger partial charge in [0.1, 0.15) is 5.78 Å². The molecule has 0 heterocycles. The van der Waals surface area contributed by atoms with Crippen molar-refractivity contribution in [1.29, 1.82) is 0 Å². The summed E-state index contributed by atoms with van der Waals surface area (Å²) in [6, 6.07) is 2.94. The van der Waals surface area contributed by atoms with E-state index in [1.807, 2.05) is 0 Å². The number of unbranched alkanes of at least 4 members (excludes halogenated alkanes) is 4. The van der Waals surface area contributed by atoms with Crippen LogP contribution in [0.1, 0.15) is 62.2 Å². The lowest BCUT2D eigenvalue weighted by Crippen LogP contribution is -2.08. The summed E-state index contributed by atoms with van der Waals surface area (Å²) in [6.45, 7) is 2.12. The maximum atomic E-state index is 13.0. The van der Waals surface area contributed by atoms with Gasteiger partial charge in [0.05, 0.1) is 6.42 Å². The van der Waals surface area contributed by atoms with Gasteiger partial charge in [-0.2, -0.15) is 0 Å². The van der Waals surface area contributed by atoms with Crippen molar-refractivity contribution in [2.45, 2.75) is 51.9 Å². The van der Waals surface area contributed by atoms with Gasteiger partial charge in [0, 0.05) is 12.0 Å². The minimum atomic E-state index is -1.07. The Labute approximate surface area is 118 Å². The fourth-order valence-electron chi connectivity index (χ4n) is 1.96. The first kappa shape index (κ1) is 16.5. The molecule has 0 atom stereocenters. The Morgan fingerprint density at radius 1 is 1.00 bits per heavy atom. The fraction of sp³-hybridized carbons (Fsp3) is 0.500. The molecule has 0 amide bonds. The van der Waals surface area contributed by atoms with E-state index in [0.717, 1.165) is 44.2 Å². The molecule has 0 aliphatic heterocycles. The molecule has 0 spiro atoms. The van der Waals surface area contributed by atoms with Crippen molar-refractivity contribution >= 4 is 11.6 Å². The van der Waals surface area contributed by atoms with Crippen LogP contribution in [0.3, 0.4) is 0 Å². The first-order chi connectivity index (χ1) is 9.54. The van der Waals surface area contributed by atoms with Crippen LogP contribution in [0.15, 0.2) is 18.2 Å². The summed E-state index contributed by atoms with van der Waals surface area (Å²) in [4.78, 5) is 23.4. The number of carbonyl (C=O) groups is 2. The van der Waals surface area contributed by atoms with Crippen LogP contribution in [0.4, 0.5) is 8.78 Å². The van der Waals surface area contributed by atoms with Gasteiger partial charge >= 0.3 is 0 Å². The molecule has 1 rings (SSSR count). The highest BCUT2D eigenvalue weighted by molar-refractivity contribution is 6.07. The molecule has 0 radical (unpaired) electrons. The second-order valence-corrected chi connectivity index (χ2v) is 4.93. The molecular weight excluding hydrogens is 262 g/mol. The maximum Gasteiger partial charge on any atom is 0.170 e. The second kappa shape index (κ2) is 8.56. The fourth-order valence-corrected chi connectivity index (χ4v) is 1.96. The summed E-state index contributed by atoms with van der Waals surface area (Å²) in [6.07, 6.45) is 5.30. The smallest absolute Gasteiger partial charge is 0.170 e. The number of Topliss-reactive ketones (excluding diaryl/α,β-unsaturated/α-hetero) is 2. The summed E-state index contributed by atoms with van der Waals surface area (Å²) in [5, 5.41) is 0. The summed E-state index contributed by atoms with van der Waals surface area (Å²) in [5.41, 5.74) is 0.0447. The summed E-state index contributed by atoms with van der Waals surface area (Å²) in [5.74, 6) is -2.66. The molecule has 0 N–H and O–H groups in total. The molecule has 20 heavy (non-hydrogen) atoms. The standard InChI is InChI=1S/C16H20F2O2/c1-2-3-4-5-6-7-13(19)11-16(20)12-8-9-14(17)15(18)10-12/h8-10H,2-7,11H2,1H3. The lowest BCUT2D eigenvalue weighted by molar-refractivity contribution is -0.118. The van der Waals surface area contributed by atoms with Crippen LogP contribution in [0, 0.1) is 11.6 Å². The van der Waals surface area contributed by atoms with Gasteiger partial charge in [-0.15, -0.1) is 0 Å². The molecule has 0 bridgehead atoms. The third kappa shape index (κ3) is 5.59. The minimum absolute atomic E-state index is 0.0447. The Kier molecular flexibility index (Phi) is 7.05. The van der Waals surface area contributed by atoms with Gasteiger partial charge in [-0.05, 0) is 24.6 Å². The molecule has 2 nitrogen and oxygen atoms in total. The quantitative estimate of drug-likeness (QED) is 0.380. The van der Waals surface area contributed by atoms with E-state index in [1.165, 1.54) is 6.07 Å². The van der Waals surface area contributed by atoms with Crippen LogP contribution in [-0.4, -0.2) is 11.6 Å². The summed E-state index contributed by atoms with van der Waals surface area (Å²) < 4.78 is 25.7. The number of carbonyl (C=O) groups excluding carboxylic acids is 2. The van der Waals surface area contributed by atoms with Crippen molar-refractivity contribution in [3.8, 4) is 0 Å². The topological polar surface area (TPSA) is 34.1 Å². The predicted octanol–water partition coefficient (Wildman–Crippen LogP) is 4.47. The molecular formula is C16H20F2O2. The molecule has 110 valence electrons. The first-order valence-electron chi connectivity index (χ1n) is 7.04. The van der Waals surface area contributed by atoms with Gasteiger partial charge in [0.2, 0.25) is 0 Å². The SMILES string of the molecule is CCCCCCCC(=O)CC(=O)c1ccc(F)c(F)c1. The highest BCUT2D eigenvalue weighted by Gasteiger charge is 2.13. The lowest BCUT2D eigenvalue weighted by atomic mass is 10.0. The molecule has 0 saturated heterocycles. The molecule has 0 aromatic heterocycles. The molecule has 0 unspecified atom stereocenters. The molecule has 1 aromatic carbocycles. The second-order valence-electron chi connectivity index (χ2n) is 4.93. The Morgan fingerprint density at radius 2 is 1.70 bits per heavy atom. The van der Waals surface area contributed by atoms with E-state index < -0.39 is 17.4 Å². The Bertz CT molecular complexity index is 470. The monoisotopic (exact) mass is 282 g/mol. The largest absolute Gasteiger partial charge is 0.299 e. The van der Waals surface area contributed by atoms with Gasteiger partial charge < -0.3 is 0 Å². The van der Waals surface area contributed by atoms with Crippen LogP contribution in [-0.2, 0) is 4.79 Å². The lowest BCUT2D eigenvalue weighted by Gasteiger charge is -2.02. The van der Waals surface area contributed by atoms with Crippen LogP contribution in [0.5, 0.6) is 0 Å². The zero-order chi connectivity index (χ0) is 15.0. The minimum Gasteiger partial charge on any atom is -0.299 e. The van der Waals surface area contributed by atoms with Gasteiger partial charge in [0.25, 0.3) is 0 Å². The van der Waals surface area contributed by atoms with E-state index in [4.69, 9.17) is 0 Å². The van der Waals surface area contributed by atoms with Crippen molar-refractivity contribution in [2.75, 3.05) is 0 Å². The average molecular weight is 282 g/mol. The summed E-state index contributed by atoms with van der Waals surface area (Å²) >= 11 is 0. The molecule has 0 saturated carbocycles. The highest BCUT2D eigenvalue weighted by atomic mass is 19.2. The van der Waals surface area contributed by atoms with E-state index in [1.54, 1.807) is 0 Å². The molecule has 0 aliphatic carbocycles. The van der Waals surface area contributed by atoms with Gasteiger partial charge in [0.15, 0.2) is 17.4 Å². The van der Waals surface area contributed by atoms with Crippen LogP contribution < -0.4 is 0 Å². The number of rotatable bonds is 9. The van der Waals surface area contributed by atoms with E-state index in [0.29, 0.717) is 6.42 Å². The van der Waals surface area contributed by atoms with Crippen molar-refractivity contribution in [1.82, 2.24) is 0 Å². The van der Waals surface area contributed by atoms with Crippen LogP contribution in [0.25, 0.3) is 0 Å². The van der Waals surface area contributed by atoms with Crippen LogP contribution >= 0.6 is 0 Å². The Balaban J connectivity index is 2.37. The van der Waals surface area contributed by atoms with Crippen molar-refractivity contribution < 1.29 is 18.4 Å². The molecule has 4 heteroatoms. The van der Waals surface area contributed by atoms with Gasteiger partial charge in [-0.25, -0.2) is 8.78 Å². The maximum absolute atomic E-state index is 13.0. The molecule has 1 aromatic rings. The van der Waals surface area contributed by atoms with Crippen molar-refractivity contribution in [3.05, 3.63) is 35.4 Å². The Morgan fingerprint density at radius 3 is 2.35 bits per heavy atom. The number of hydrogen-bond acceptors (Lipinski definition) is 2. The van der Waals surface area contributed by atoms with Gasteiger partial charge in [-0.1, -0.05) is 32.6 Å². The zero-order valence-electron chi connectivity index (χ0n) is 11.8. The normalized spacial score (nSPS) is 10.6. The number of benzene rings is 1. The number of ketones is 2. The highest BCUT2D eigenvalue weighted by Crippen LogP contribution is 2.12. The predicted molar refractivity (Wildman–Crippen MR) is 73.7 cm³/mol. The summed E-state index contributed by atoms with van der Waals surface area (Å²) in [7, 11) is 0. The van der Waals surface area contributed by atoms with Crippen molar-refractivity contribution in [3.63, 3.8) is 0 Å². The van der Waals surface area contributed by atoms with Crippen LogP contribution in [0.2, 0.25) is 0 Å². The van der Waals surface area contributed by atoms with E-state index >= 15 is 0 Å². The zero-order valence-corrected chi connectivity index (χ0v) is 11.8. The van der Waals surface area contributed by atoms with Gasteiger partial charge in [-0.3, -0.25) is 9.59 Å². The third-order valence-corrected chi connectivity index (χ3v) is 3.16. The first-order valence-corrected chi connectivity index (χ1v) is 7.04. The number of hydrogen-bond donors (Lipinski definition) is 0. The molecule has 0 aliphatic rings. The number of halogens is 2. The average Bonchev–Trinajstić information content (AvgIpc) is 2.41. The Hall–Kier alpha value is -1.58. The van der Waals surface area contributed by atoms with E-state index in [-0.39, 0.29) is 17.8 Å². The van der Waals surface area contributed by atoms with Crippen molar-refractivity contribution in [2.24, 2.45) is 0 Å². The third-order valence-electron chi connectivity index (χ3n) is 3.16. The van der Waals surface area contributed by atoms with E-state index in [2.05, 4.69) is 6.92 Å². The molecule has 0 fully saturated rings. The van der Waals surface area contributed by atoms with E-state index in [9.17, 15) is 18.4 Å².